The van der Waals surface area contributed by atoms with E-state index in [1.54, 1.807) is 6.92 Å². The van der Waals surface area contributed by atoms with Crippen molar-refractivity contribution in [3.05, 3.63) is 29.5 Å². The summed E-state index contributed by atoms with van der Waals surface area (Å²) in [5.74, 6) is -1.62. The number of likely N-dealkylation sites (tertiary alicyclic amines) is 1. The monoisotopic (exact) mass is 333 g/mol. The average molecular weight is 333 g/mol. The molecule has 0 bridgehead atoms. The summed E-state index contributed by atoms with van der Waals surface area (Å²) in [5, 5.41) is 0.171. The van der Waals surface area contributed by atoms with Crippen LogP contribution in [0.4, 0.5) is 5.82 Å². The number of hydrogen-bond donors (Lipinski definition) is 1. The largest absolute Gasteiger partial charge is 0.354 e. The van der Waals surface area contributed by atoms with E-state index in [-0.39, 0.29) is 42.4 Å². The summed E-state index contributed by atoms with van der Waals surface area (Å²) in [7, 11) is 0. The first kappa shape index (κ1) is 9.62. The number of amides is 1. The van der Waals surface area contributed by atoms with Crippen LogP contribution >= 0.6 is 0 Å². The standard InChI is InChI=1S/C17H22N6O/c1-11-5-6-23(15(24)8-18-3)9-14(11)22(4)17-13-7-12(2)21-16(13)19-10-20-17/h7,10-11,14H,5-6,8-9H2,1-2,4H3,(H,19,20,21)/t11-,14+/m1/s1/i1D3,4D3,7D. The van der Waals surface area contributed by atoms with Crippen LogP contribution < -0.4 is 4.90 Å². The molecule has 1 aliphatic heterocycles. The van der Waals surface area contributed by atoms with Gasteiger partial charge in [-0.3, -0.25) is 4.79 Å². The van der Waals surface area contributed by atoms with Gasteiger partial charge in [0.25, 0.3) is 6.54 Å². The van der Waals surface area contributed by atoms with Gasteiger partial charge in [-0.2, -0.15) is 0 Å². The van der Waals surface area contributed by atoms with Crippen LogP contribution in [0.5, 0.6) is 0 Å². The van der Waals surface area contributed by atoms with Gasteiger partial charge < -0.3 is 19.6 Å². The third-order valence-electron chi connectivity index (χ3n) is 4.15. The molecule has 7 heteroatoms. The van der Waals surface area contributed by atoms with Crippen molar-refractivity contribution in [2.75, 3.05) is 31.5 Å². The Kier molecular flexibility index (Phi) is 2.60. The zero-order valence-corrected chi connectivity index (χ0v) is 13.2. The molecule has 0 aliphatic carbocycles. The number of aromatic nitrogens is 3. The molecule has 126 valence electrons. The number of hydrogen-bond acceptors (Lipinski definition) is 4. The lowest BCUT2D eigenvalue weighted by Crippen LogP contribution is -2.53. The molecule has 24 heavy (non-hydrogen) atoms. The van der Waals surface area contributed by atoms with E-state index in [9.17, 15) is 4.79 Å². The van der Waals surface area contributed by atoms with Crippen molar-refractivity contribution in [3.8, 4) is 0 Å². The van der Waals surface area contributed by atoms with Crippen molar-refractivity contribution < 1.29 is 14.4 Å². The van der Waals surface area contributed by atoms with E-state index in [1.165, 1.54) is 4.90 Å². The van der Waals surface area contributed by atoms with E-state index in [4.69, 9.17) is 16.2 Å². The number of fused-ring (bicyclic) bond motifs is 1. The molecule has 1 N–H and O–H groups in total. The van der Waals surface area contributed by atoms with Gasteiger partial charge in [-0.25, -0.2) is 16.5 Å². The Morgan fingerprint density at radius 1 is 1.67 bits per heavy atom. The predicted molar refractivity (Wildman–Crippen MR) is 92.6 cm³/mol. The number of nitrogens with zero attached hydrogens (tertiary/aromatic N) is 5. The van der Waals surface area contributed by atoms with E-state index in [1.807, 2.05) is 0 Å². The lowest BCUT2D eigenvalue weighted by atomic mass is 9.92. The second-order valence-corrected chi connectivity index (χ2v) is 5.78. The maximum absolute atomic E-state index is 12.3. The van der Waals surface area contributed by atoms with E-state index in [2.05, 4.69) is 19.8 Å². The Hall–Kier alpha value is -2.62. The van der Waals surface area contributed by atoms with Crippen LogP contribution in [0.1, 0.15) is 28.6 Å². The molecule has 2 aromatic rings. The Morgan fingerprint density at radius 3 is 3.29 bits per heavy atom. The van der Waals surface area contributed by atoms with Gasteiger partial charge in [0, 0.05) is 34.0 Å². The first-order valence-electron chi connectivity index (χ1n) is 11.1. The number of piperidine rings is 1. The smallest absolute Gasteiger partial charge is 0.302 e. The van der Waals surface area contributed by atoms with Crippen molar-refractivity contribution in [1.29, 1.82) is 0 Å². The maximum Gasteiger partial charge on any atom is 0.302 e. The quantitative estimate of drug-likeness (QED) is 0.871. The molecule has 3 rings (SSSR count). The summed E-state index contributed by atoms with van der Waals surface area (Å²) in [4.78, 5) is 28.8. The van der Waals surface area contributed by atoms with Gasteiger partial charge in [0.1, 0.15) is 17.8 Å². The van der Waals surface area contributed by atoms with Crippen molar-refractivity contribution in [2.45, 2.75) is 26.2 Å². The van der Waals surface area contributed by atoms with Gasteiger partial charge in [0.2, 0.25) is 0 Å². The highest BCUT2D eigenvalue weighted by molar-refractivity contribution is 5.88. The average Bonchev–Trinajstić information content (AvgIpc) is 2.95. The molecule has 0 aromatic carbocycles. The van der Waals surface area contributed by atoms with Crippen molar-refractivity contribution in [3.63, 3.8) is 0 Å². The van der Waals surface area contributed by atoms with Gasteiger partial charge >= 0.3 is 5.91 Å². The normalized spacial score (nSPS) is 26.2. The molecule has 3 heterocycles. The van der Waals surface area contributed by atoms with E-state index in [0.29, 0.717) is 5.69 Å². The zero-order valence-electron chi connectivity index (χ0n) is 20.2. The molecule has 2 atom stereocenters. The molecule has 7 nitrogen and oxygen atoms in total. The number of H-pyrrole nitrogens is 1. The summed E-state index contributed by atoms with van der Waals surface area (Å²) in [5.41, 5.74) is 0.732. The highest BCUT2D eigenvalue weighted by Gasteiger charge is 2.33. The minimum absolute atomic E-state index is 0.0158. The van der Waals surface area contributed by atoms with Crippen LogP contribution in [-0.2, 0) is 4.79 Å². The molecule has 0 unspecified atom stereocenters. The Bertz CT molecular complexity index is 1020. The topological polar surface area (TPSA) is 69.5 Å². The third kappa shape index (κ3) is 2.92. The Balaban J connectivity index is 2.18. The molecule has 0 radical (unpaired) electrons. The highest BCUT2D eigenvalue weighted by Crippen LogP contribution is 2.29. The Morgan fingerprint density at radius 2 is 2.54 bits per heavy atom. The van der Waals surface area contributed by atoms with Crippen LogP contribution in [0.3, 0.4) is 0 Å². The Labute approximate surface area is 151 Å². The van der Waals surface area contributed by atoms with Gasteiger partial charge in [-0.1, -0.05) is 6.85 Å². The van der Waals surface area contributed by atoms with Gasteiger partial charge in [-0.15, -0.1) is 0 Å². The second kappa shape index (κ2) is 6.48. The number of rotatable bonds is 3. The SMILES string of the molecule is [2H]c1c(C)[nH]c2ncnc(N([C@H]3CN(C(=O)C[N+]#[C-])CC[C@H]3C([2H])([2H])[2H])C([2H])([2H])[2H])c12. The van der Waals surface area contributed by atoms with Crippen LogP contribution in [-0.4, -0.2) is 58.4 Å². The van der Waals surface area contributed by atoms with Crippen LogP contribution in [0.2, 0.25) is 0 Å². The molecule has 0 spiro atoms. The molecule has 2 aromatic heterocycles. The second-order valence-electron chi connectivity index (χ2n) is 5.78. The van der Waals surface area contributed by atoms with Crippen molar-refractivity contribution in [2.24, 2.45) is 5.92 Å². The third-order valence-corrected chi connectivity index (χ3v) is 4.15. The number of likely N-dealkylation sites (N-methyl/N-ethyl adjacent to an activating group) is 1. The number of carbonyl (C=O) groups excluding carboxylic acids is 1. The molecular formula is C17H22N6O. The maximum atomic E-state index is 12.3. The zero-order chi connectivity index (χ0) is 23.1. The minimum Gasteiger partial charge on any atom is -0.354 e. The molecule has 1 amide bonds. The number of nitrogens with one attached hydrogen (secondary N) is 1. The molecule has 1 aliphatic rings. The van der Waals surface area contributed by atoms with Gasteiger partial charge in [-0.05, 0) is 25.3 Å². The number of carbonyl (C=O) groups is 1. The molecular weight excluding hydrogens is 304 g/mol. The first-order valence-corrected chi connectivity index (χ1v) is 7.56. The summed E-state index contributed by atoms with van der Waals surface area (Å²) < 4.78 is 56.7. The fraction of sp³-hybridized carbons (Fsp3) is 0.529. The van der Waals surface area contributed by atoms with Crippen molar-refractivity contribution in [1.82, 2.24) is 19.9 Å². The fourth-order valence-electron chi connectivity index (χ4n) is 2.91. The van der Waals surface area contributed by atoms with E-state index >= 15 is 0 Å². The lowest BCUT2D eigenvalue weighted by Gasteiger charge is -2.41. The van der Waals surface area contributed by atoms with Crippen molar-refractivity contribution >= 4 is 22.8 Å². The lowest BCUT2D eigenvalue weighted by molar-refractivity contribution is -0.130. The molecule has 0 saturated carbocycles. The predicted octanol–water partition coefficient (Wildman–Crippen LogP) is 1.86. The number of anilines is 1. The number of aryl methyl sites for hydroxylation is 1. The van der Waals surface area contributed by atoms with E-state index < -0.39 is 38.2 Å². The van der Waals surface area contributed by atoms with E-state index in [0.717, 1.165) is 11.2 Å². The number of aromatic amines is 1. The van der Waals surface area contributed by atoms with Gasteiger partial charge in [0.15, 0.2) is 0 Å². The summed E-state index contributed by atoms with van der Waals surface area (Å²) in [6.07, 6.45) is 1.20. The van der Waals surface area contributed by atoms with Crippen LogP contribution in [0.25, 0.3) is 15.9 Å². The van der Waals surface area contributed by atoms with Crippen LogP contribution in [0, 0.1) is 19.4 Å². The molecule has 1 fully saturated rings. The first-order chi connectivity index (χ1) is 14.4. The minimum atomic E-state index is -2.81. The summed E-state index contributed by atoms with van der Waals surface area (Å²) in [6, 6.07) is -1.11. The fourth-order valence-corrected chi connectivity index (χ4v) is 2.91. The molecule has 1 saturated heterocycles. The summed E-state index contributed by atoms with van der Waals surface area (Å²) >= 11 is 0. The summed E-state index contributed by atoms with van der Waals surface area (Å²) in [6.45, 7) is 2.82. The van der Waals surface area contributed by atoms with Gasteiger partial charge in [0.05, 0.1) is 12.8 Å². The van der Waals surface area contributed by atoms with Crippen LogP contribution in [0.15, 0.2) is 12.4 Å². The highest BCUT2D eigenvalue weighted by atomic mass is 16.2.